The quantitative estimate of drug-likeness (QED) is 0.762. The van der Waals surface area contributed by atoms with Crippen molar-refractivity contribution < 1.29 is 14.7 Å². The molecule has 0 aliphatic carbocycles. The van der Waals surface area contributed by atoms with Crippen molar-refractivity contribution in [1.29, 1.82) is 0 Å². The van der Waals surface area contributed by atoms with Crippen molar-refractivity contribution in [2.75, 3.05) is 0 Å². The molecule has 7 heteroatoms. The molecule has 0 fully saturated rings. The van der Waals surface area contributed by atoms with Crippen LogP contribution in [0.1, 0.15) is 30.6 Å². The number of rotatable bonds is 5. The number of hydrogen-bond donors (Lipinski definition) is 3. The number of H-pyrrole nitrogens is 1. The number of carboxylic acid groups (broad SMARTS) is 1. The number of amides is 1. The van der Waals surface area contributed by atoms with Gasteiger partial charge in [-0.15, -0.1) is 0 Å². The maximum absolute atomic E-state index is 11.9. The normalized spacial score (nSPS) is 11.0. The first-order chi connectivity index (χ1) is 9.90. The smallest absolute Gasteiger partial charge is 0.337 e. The third-order valence-electron chi connectivity index (χ3n) is 3.05. The zero-order chi connectivity index (χ0) is 15.6. The Bertz CT molecular complexity index is 742. The number of aromatic amines is 1. The summed E-state index contributed by atoms with van der Waals surface area (Å²) < 4.78 is 1.38. The second-order valence-electron chi connectivity index (χ2n) is 5.06. The molecule has 0 aliphatic rings. The number of aromatic carboxylic acids is 1. The topological polar surface area (TPSA) is 104 Å². The lowest BCUT2D eigenvalue weighted by atomic mass is 10.2. The lowest BCUT2D eigenvalue weighted by Gasteiger charge is -2.08. The number of para-hydroxylation sites is 1. The molecule has 7 nitrogen and oxygen atoms in total. The van der Waals surface area contributed by atoms with Crippen molar-refractivity contribution in [3.05, 3.63) is 34.2 Å². The number of nitrogens with zero attached hydrogens (tertiary/aromatic N) is 1. The molecule has 0 aliphatic heterocycles. The molecule has 0 unspecified atom stereocenters. The molecule has 0 radical (unpaired) electrons. The zero-order valence-corrected chi connectivity index (χ0v) is 11.8. The molecule has 112 valence electrons. The van der Waals surface area contributed by atoms with E-state index in [-0.39, 0.29) is 36.0 Å². The van der Waals surface area contributed by atoms with Crippen LogP contribution in [0.25, 0.3) is 11.0 Å². The molecule has 0 spiro atoms. The Morgan fingerprint density at radius 3 is 2.71 bits per heavy atom. The predicted octanol–water partition coefficient (Wildman–Crippen LogP) is 0.943. The molecule has 1 aromatic heterocycles. The fourth-order valence-corrected chi connectivity index (χ4v) is 2.19. The van der Waals surface area contributed by atoms with E-state index in [1.807, 2.05) is 13.8 Å². The molecule has 2 aromatic rings. The van der Waals surface area contributed by atoms with Gasteiger partial charge in [-0.2, -0.15) is 0 Å². The van der Waals surface area contributed by atoms with Gasteiger partial charge in [-0.05, 0) is 26.0 Å². The highest BCUT2D eigenvalue weighted by molar-refractivity contribution is 6.00. The fourth-order valence-electron chi connectivity index (χ4n) is 2.19. The lowest BCUT2D eigenvalue weighted by Crippen LogP contribution is -2.31. The second-order valence-corrected chi connectivity index (χ2v) is 5.06. The third-order valence-corrected chi connectivity index (χ3v) is 3.05. The largest absolute Gasteiger partial charge is 0.478 e. The SMILES string of the molecule is CC(C)NC(=O)CCn1c(=O)[nH]c2c(C(=O)O)cccc21. The van der Waals surface area contributed by atoms with Gasteiger partial charge >= 0.3 is 11.7 Å². The molecule has 0 saturated carbocycles. The Hall–Kier alpha value is -2.57. The van der Waals surface area contributed by atoms with Crippen LogP contribution in [0.2, 0.25) is 0 Å². The molecule has 1 heterocycles. The zero-order valence-electron chi connectivity index (χ0n) is 11.8. The van der Waals surface area contributed by atoms with Gasteiger partial charge in [0.15, 0.2) is 0 Å². The summed E-state index contributed by atoms with van der Waals surface area (Å²) in [6.07, 6.45) is 0.155. The maximum Gasteiger partial charge on any atom is 0.337 e. The van der Waals surface area contributed by atoms with Gasteiger partial charge in [0.1, 0.15) is 0 Å². The summed E-state index contributed by atoms with van der Waals surface area (Å²) >= 11 is 0. The molecule has 21 heavy (non-hydrogen) atoms. The predicted molar refractivity (Wildman–Crippen MR) is 77.4 cm³/mol. The molecular weight excluding hydrogens is 274 g/mol. The molecule has 0 bridgehead atoms. The number of carbonyl (C=O) groups excluding carboxylic acids is 1. The molecule has 1 amide bonds. The molecule has 0 atom stereocenters. The lowest BCUT2D eigenvalue weighted by molar-refractivity contribution is -0.121. The van der Waals surface area contributed by atoms with E-state index in [2.05, 4.69) is 10.3 Å². The van der Waals surface area contributed by atoms with Gasteiger partial charge in [-0.1, -0.05) is 6.07 Å². The number of aromatic nitrogens is 2. The van der Waals surface area contributed by atoms with E-state index < -0.39 is 11.7 Å². The van der Waals surface area contributed by atoms with Crippen LogP contribution in [-0.2, 0) is 11.3 Å². The fraction of sp³-hybridized carbons (Fsp3) is 0.357. The first-order valence-electron chi connectivity index (χ1n) is 6.64. The minimum Gasteiger partial charge on any atom is -0.478 e. The van der Waals surface area contributed by atoms with Gasteiger partial charge in [0.25, 0.3) is 0 Å². The summed E-state index contributed by atoms with van der Waals surface area (Å²) in [5.74, 6) is -1.26. The summed E-state index contributed by atoms with van der Waals surface area (Å²) in [5.41, 5.74) is 0.377. The van der Waals surface area contributed by atoms with Crippen molar-refractivity contribution in [3.8, 4) is 0 Å². The number of aryl methyl sites for hydroxylation is 1. The van der Waals surface area contributed by atoms with Crippen LogP contribution in [0.4, 0.5) is 0 Å². The Morgan fingerprint density at radius 2 is 2.10 bits per heavy atom. The van der Waals surface area contributed by atoms with Crippen LogP contribution in [0.5, 0.6) is 0 Å². The van der Waals surface area contributed by atoms with Crippen molar-refractivity contribution in [2.24, 2.45) is 0 Å². The summed E-state index contributed by atoms with van der Waals surface area (Å²) in [6.45, 7) is 3.91. The number of nitrogens with one attached hydrogen (secondary N) is 2. The second kappa shape index (κ2) is 5.82. The Labute approximate surface area is 120 Å². The highest BCUT2D eigenvalue weighted by atomic mass is 16.4. The standard InChI is InChI=1S/C14H17N3O4/c1-8(2)15-11(18)6-7-17-10-5-3-4-9(13(19)20)12(10)16-14(17)21/h3-5,8H,6-7H2,1-2H3,(H,15,18)(H,16,21)(H,19,20). The summed E-state index contributed by atoms with van der Waals surface area (Å²) in [6, 6.07) is 4.69. The first-order valence-corrected chi connectivity index (χ1v) is 6.64. The number of imidazole rings is 1. The highest BCUT2D eigenvalue weighted by Crippen LogP contribution is 2.15. The Kier molecular flexibility index (Phi) is 4.11. The van der Waals surface area contributed by atoms with E-state index in [0.717, 1.165) is 0 Å². The monoisotopic (exact) mass is 291 g/mol. The Balaban J connectivity index is 2.31. The van der Waals surface area contributed by atoms with Crippen LogP contribution in [-0.4, -0.2) is 32.6 Å². The van der Waals surface area contributed by atoms with E-state index in [4.69, 9.17) is 5.11 Å². The minimum absolute atomic E-state index is 0.0370. The molecular formula is C14H17N3O4. The van der Waals surface area contributed by atoms with E-state index in [9.17, 15) is 14.4 Å². The number of hydrogen-bond acceptors (Lipinski definition) is 3. The maximum atomic E-state index is 11.9. The van der Waals surface area contributed by atoms with Gasteiger partial charge in [-0.25, -0.2) is 9.59 Å². The molecule has 0 saturated heterocycles. The van der Waals surface area contributed by atoms with E-state index in [1.54, 1.807) is 12.1 Å². The summed E-state index contributed by atoms with van der Waals surface area (Å²) in [7, 11) is 0. The van der Waals surface area contributed by atoms with Crippen LogP contribution in [0, 0.1) is 0 Å². The van der Waals surface area contributed by atoms with Crippen molar-refractivity contribution in [3.63, 3.8) is 0 Å². The average Bonchev–Trinajstić information content (AvgIpc) is 2.70. The van der Waals surface area contributed by atoms with Gasteiger partial charge in [0, 0.05) is 19.0 Å². The van der Waals surface area contributed by atoms with Crippen molar-refractivity contribution >= 4 is 22.9 Å². The van der Waals surface area contributed by atoms with E-state index >= 15 is 0 Å². The first kappa shape index (κ1) is 14.8. The van der Waals surface area contributed by atoms with E-state index in [1.165, 1.54) is 10.6 Å². The highest BCUT2D eigenvalue weighted by Gasteiger charge is 2.14. The number of carbonyl (C=O) groups is 2. The number of benzene rings is 1. The van der Waals surface area contributed by atoms with Gasteiger partial charge in [0.2, 0.25) is 5.91 Å². The number of fused-ring (bicyclic) bond motifs is 1. The average molecular weight is 291 g/mol. The number of carboxylic acids is 1. The van der Waals surface area contributed by atoms with Gasteiger partial charge in [0.05, 0.1) is 16.6 Å². The third kappa shape index (κ3) is 3.13. The van der Waals surface area contributed by atoms with Crippen LogP contribution >= 0.6 is 0 Å². The van der Waals surface area contributed by atoms with Crippen LogP contribution in [0.15, 0.2) is 23.0 Å². The van der Waals surface area contributed by atoms with Crippen molar-refractivity contribution in [1.82, 2.24) is 14.9 Å². The van der Waals surface area contributed by atoms with Crippen LogP contribution in [0.3, 0.4) is 0 Å². The van der Waals surface area contributed by atoms with Gasteiger partial charge < -0.3 is 15.4 Å². The molecule has 2 rings (SSSR count). The summed E-state index contributed by atoms with van der Waals surface area (Å²) in [4.78, 5) is 37.2. The minimum atomic E-state index is -1.11. The van der Waals surface area contributed by atoms with E-state index in [0.29, 0.717) is 5.52 Å². The molecule has 3 N–H and O–H groups in total. The van der Waals surface area contributed by atoms with Crippen LogP contribution < -0.4 is 11.0 Å². The van der Waals surface area contributed by atoms with Crippen molar-refractivity contribution in [2.45, 2.75) is 32.9 Å². The van der Waals surface area contributed by atoms with Gasteiger partial charge in [-0.3, -0.25) is 9.36 Å². The Morgan fingerprint density at radius 1 is 1.38 bits per heavy atom. The summed E-state index contributed by atoms with van der Waals surface area (Å²) in [5, 5.41) is 11.8. The molecule has 1 aromatic carbocycles.